The van der Waals surface area contributed by atoms with Crippen molar-refractivity contribution in [2.75, 3.05) is 10.6 Å². The minimum Gasteiger partial charge on any atom is -0.320 e. The first-order chi connectivity index (χ1) is 13.3. The highest BCUT2D eigenvalue weighted by Gasteiger charge is 2.13. The van der Waals surface area contributed by atoms with Gasteiger partial charge in [-0.05, 0) is 61.4 Å². The Hall–Kier alpha value is -2.44. The third kappa shape index (κ3) is 4.69. The molecule has 0 spiro atoms. The van der Waals surface area contributed by atoms with Crippen molar-refractivity contribution < 1.29 is 9.59 Å². The number of carbonyl (C=O) groups excluding carboxylic acids is 2. The predicted molar refractivity (Wildman–Crippen MR) is 120 cm³/mol. The number of aryl methyl sites for hydroxylation is 2. The molecule has 0 aromatic heterocycles. The maximum Gasteiger partial charge on any atom is 0.255 e. The third-order valence-electron chi connectivity index (χ3n) is 4.29. The van der Waals surface area contributed by atoms with Gasteiger partial charge in [0.25, 0.3) is 11.8 Å². The Bertz CT molecular complexity index is 980. The molecule has 0 aliphatic heterocycles. The summed E-state index contributed by atoms with van der Waals surface area (Å²) in [5.74, 6) is -0.499. The summed E-state index contributed by atoms with van der Waals surface area (Å²) in [5, 5.41) is 5.73. The molecule has 0 aliphatic carbocycles. The van der Waals surface area contributed by atoms with E-state index < -0.39 is 0 Å². The van der Waals surface area contributed by atoms with Crippen LogP contribution in [-0.4, -0.2) is 11.8 Å². The summed E-state index contributed by atoms with van der Waals surface area (Å²) in [6, 6.07) is 17.9. The van der Waals surface area contributed by atoms with E-state index >= 15 is 0 Å². The fraction of sp³-hybridized carbons (Fsp3) is 0.0909. The lowest BCUT2D eigenvalue weighted by Crippen LogP contribution is -2.17. The van der Waals surface area contributed by atoms with E-state index in [9.17, 15) is 9.59 Å². The molecule has 0 bridgehead atoms. The highest BCUT2D eigenvalue weighted by Crippen LogP contribution is 2.25. The Balaban J connectivity index is 1.80. The van der Waals surface area contributed by atoms with E-state index in [2.05, 4.69) is 42.5 Å². The number of amides is 2. The summed E-state index contributed by atoms with van der Waals surface area (Å²) in [7, 11) is 0. The molecule has 0 atom stereocenters. The van der Waals surface area contributed by atoms with E-state index in [4.69, 9.17) is 0 Å². The van der Waals surface area contributed by atoms with Crippen LogP contribution in [0, 0.1) is 13.8 Å². The van der Waals surface area contributed by atoms with E-state index in [0.29, 0.717) is 22.5 Å². The number of para-hydroxylation sites is 2. The second-order valence-electron chi connectivity index (χ2n) is 6.38. The second-order valence-corrected chi connectivity index (χ2v) is 8.09. The molecule has 0 saturated heterocycles. The van der Waals surface area contributed by atoms with Crippen LogP contribution in [0.25, 0.3) is 0 Å². The van der Waals surface area contributed by atoms with Gasteiger partial charge < -0.3 is 10.6 Å². The van der Waals surface area contributed by atoms with Crippen molar-refractivity contribution in [3.8, 4) is 0 Å². The van der Waals surface area contributed by atoms with Gasteiger partial charge in [0, 0.05) is 20.1 Å². The molecule has 0 aliphatic rings. The van der Waals surface area contributed by atoms with Gasteiger partial charge in [-0.3, -0.25) is 9.59 Å². The Morgan fingerprint density at radius 1 is 0.679 bits per heavy atom. The van der Waals surface area contributed by atoms with E-state index in [1.807, 2.05) is 26.0 Å². The van der Waals surface area contributed by atoms with Crippen LogP contribution >= 0.6 is 31.9 Å². The Morgan fingerprint density at radius 2 is 1.07 bits per heavy atom. The van der Waals surface area contributed by atoms with Crippen LogP contribution in [-0.2, 0) is 0 Å². The molecule has 0 unspecified atom stereocenters. The number of carbonyl (C=O) groups is 2. The highest BCUT2D eigenvalue weighted by molar-refractivity contribution is 9.10. The molecule has 0 heterocycles. The van der Waals surface area contributed by atoms with Crippen LogP contribution in [0.2, 0.25) is 0 Å². The summed E-state index contributed by atoms with van der Waals surface area (Å²) in [5.41, 5.74) is 4.22. The number of anilines is 2. The van der Waals surface area contributed by atoms with Gasteiger partial charge in [-0.1, -0.05) is 56.1 Å². The summed E-state index contributed by atoms with van der Waals surface area (Å²) in [6.07, 6.45) is 0. The SMILES string of the molecule is Cc1ccc(C(=O)Nc2ccccc2NC(=O)c2ccc(C)c(Br)c2)cc1Br. The number of rotatable bonds is 4. The quantitative estimate of drug-likeness (QED) is 0.438. The van der Waals surface area contributed by atoms with Crippen LogP contribution in [0.15, 0.2) is 69.6 Å². The van der Waals surface area contributed by atoms with Crippen LogP contribution < -0.4 is 10.6 Å². The lowest BCUT2D eigenvalue weighted by atomic mass is 10.1. The zero-order valence-electron chi connectivity index (χ0n) is 15.3. The summed E-state index contributed by atoms with van der Waals surface area (Å²) in [6.45, 7) is 3.92. The van der Waals surface area contributed by atoms with E-state index in [1.54, 1.807) is 48.5 Å². The summed E-state index contributed by atoms with van der Waals surface area (Å²) < 4.78 is 1.73. The topological polar surface area (TPSA) is 58.2 Å². The Morgan fingerprint density at radius 3 is 1.43 bits per heavy atom. The normalized spacial score (nSPS) is 10.4. The minimum atomic E-state index is -0.250. The van der Waals surface area contributed by atoms with Gasteiger partial charge in [0.1, 0.15) is 0 Å². The molecule has 0 fully saturated rings. The number of hydrogen-bond donors (Lipinski definition) is 2. The molecular formula is C22H18Br2N2O2. The summed E-state index contributed by atoms with van der Waals surface area (Å²) >= 11 is 6.89. The fourth-order valence-corrected chi connectivity index (χ4v) is 3.32. The van der Waals surface area contributed by atoms with Crippen molar-refractivity contribution in [2.45, 2.75) is 13.8 Å². The highest BCUT2D eigenvalue weighted by atomic mass is 79.9. The van der Waals surface area contributed by atoms with Crippen LogP contribution in [0.3, 0.4) is 0 Å². The monoisotopic (exact) mass is 500 g/mol. The molecule has 142 valence electrons. The first-order valence-corrected chi connectivity index (χ1v) is 10.2. The van der Waals surface area contributed by atoms with Gasteiger partial charge in [0.2, 0.25) is 0 Å². The lowest BCUT2D eigenvalue weighted by Gasteiger charge is -2.13. The van der Waals surface area contributed by atoms with Crippen molar-refractivity contribution in [1.82, 2.24) is 0 Å². The van der Waals surface area contributed by atoms with Crippen molar-refractivity contribution in [1.29, 1.82) is 0 Å². The Labute approximate surface area is 180 Å². The number of hydrogen-bond acceptors (Lipinski definition) is 2. The maximum atomic E-state index is 12.6. The predicted octanol–water partition coefficient (Wildman–Crippen LogP) is 6.33. The Kier molecular flexibility index (Phi) is 6.31. The average Bonchev–Trinajstić information content (AvgIpc) is 2.67. The van der Waals surface area contributed by atoms with Crippen molar-refractivity contribution in [2.24, 2.45) is 0 Å². The van der Waals surface area contributed by atoms with E-state index in [1.165, 1.54) is 0 Å². The zero-order chi connectivity index (χ0) is 20.3. The second kappa shape index (κ2) is 8.71. The standard InChI is InChI=1S/C22H18Br2N2O2/c1-13-7-9-15(11-17(13)23)21(27)25-19-5-3-4-6-20(19)26-22(28)16-10-8-14(2)18(24)12-16/h3-12H,1-2H3,(H,25,27)(H,26,28). The maximum absolute atomic E-state index is 12.6. The van der Waals surface area contributed by atoms with Gasteiger partial charge in [0.15, 0.2) is 0 Å². The first kappa shape index (κ1) is 20.3. The third-order valence-corrected chi connectivity index (χ3v) is 6.00. The minimum absolute atomic E-state index is 0.250. The molecule has 3 aromatic carbocycles. The molecule has 28 heavy (non-hydrogen) atoms. The molecule has 2 amide bonds. The molecule has 4 nitrogen and oxygen atoms in total. The lowest BCUT2D eigenvalue weighted by molar-refractivity contribution is 0.101. The average molecular weight is 502 g/mol. The van der Waals surface area contributed by atoms with E-state index in [-0.39, 0.29) is 11.8 Å². The molecule has 6 heteroatoms. The zero-order valence-corrected chi connectivity index (χ0v) is 18.5. The van der Waals surface area contributed by atoms with Crippen molar-refractivity contribution >= 4 is 55.0 Å². The van der Waals surface area contributed by atoms with Crippen LogP contribution in [0.5, 0.6) is 0 Å². The molecule has 0 saturated carbocycles. The summed E-state index contributed by atoms with van der Waals surface area (Å²) in [4.78, 5) is 25.2. The van der Waals surface area contributed by atoms with Crippen molar-refractivity contribution in [3.63, 3.8) is 0 Å². The van der Waals surface area contributed by atoms with Gasteiger partial charge in [-0.25, -0.2) is 0 Å². The molecule has 0 radical (unpaired) electrons. The molecule has 2 N–H and O–H groups in total. The molecule has 3 aromatic rings. The molecular weight excluding hydrogens is 484 g/mol. The largest absolute Gasteiger partial charge is 0.320 e. The van der Waals surface area contributed by atoms with Crippen molar-refractivity contribution in [3.05, 3.63) is 91.9 Å². The van der Waals surface area contributed by atoms with Gasteiger partial charge in [-0.2, -0.15) is 0 Å². The first-order valence-electron chi connectivity index (χ1n) is 8.59. The number of benzene rings is 3. The van der Waals surface area contributed by atoms with Crippen LogP contribution in [0.4, 0.5) is 11.4 Å². The van der Waals surface area contributed by atoms with Crippen LogP contribution in [0.1, 0.15) is 31.8 Å². The number of nitrogens with one attached hydrogen (secondary N) is 2. The van der Waals surface area contributed by atoms with Gasteiger partial charge in [-0.15, -0.1) is 0 Å². The van der Waals surface area contributed by atoms with Gasteiger partial charge >= 0.3 is 0 Å². The smallest absolute Gasteiger partial charge is 0.255 e. The van der Waals surface area contributed by atoms with E-state index in [0.717, 1.165) is 20.1 Å². The fourth-order valence-electron chi connectivity index (χ4n) is 2.56. The number of halogens is 2. The molecule has 3 rings (SSSR count). The van der Waals surface area contributed by atoms with Gasteiger partial charge in [0.05, 0.1) is 11.4 Å².